The van der Waals surface area contributed by atoms with Gasteiger partial charge in [0.15, 0.2) is 5.82 Å². The molecule has 3 heterocycles. The van der Waals surface area contributed by atoms with Crippen molar-refractivity contribution in [1.29, 1.82) is 0 Å². The zero-order valence-corrected chi connectivity index (χ0v) is 24.2. The zero-order valence-electron chi connectivity index (χ0n) is 24.2. The predicted molar refractivity (Wildman–Crippen MR) is 182 cm³/mol. The molecular weight excluding hydrogens is 550 g/mol. The molecule has 0 N–H and O–H groups in total. The van der Waals surface area contributed by atoms with E-state index in [2.05, 4.69) is 84.9 Å². The molecule has 0 unspecified atom stereocenters. The molecule has 0 aliphatic carbocycles. The van der Waals surface area contributed by atoms with E-state index >= 15 is 0 Å². The number of para-hydroxylation sites is 1. The third kappa shape index (κ3) is 4.35. The highest BCUT2D eigenvalue weighted by Gasteiger charge is 2.21. The summed E-state index contributed by atoms with van der Waals surface area (Å²) in [5.41, 5.74) is 9.14. The van der Waals surface area contributed by atoms with Crippen LogP contribution < -0.4 is 4.74 Å². The molecule has 0 bridgehead atoms. The molecule has 0 radical (unpaired) electrons. The number of benzene rings is 6. The monoisotopic (exact) mass is 575 g/mol. The number of hydrogen-bond donors (Lipinski definition) is 0. The van der Waals surface area contributed by atoms with Gasteiger partial charge in [0.25, 0.3) is 0 Å². The van der Waals surface area contributed by atoms with Crippen LogP contribution in [0.5, 0.6) is 11.5 Å². The van der Waals surface area contributed by atoms with E-state index in [0.29, 0.717) is 5.82 Å². The van der Waals surface area contributed by atoms with Crippen LogP contribution in [-0.2, 0) is 0 Å². The predicted octanol–water partition coefficient (Wildman–Crippen LogP) is 10.6. The van der Waals surface area contributed by atoms with Crippen molar-refractivity contribution >= 4 is 21.5 Å². The Morgan fingerprint density at radius 2 is 1.16 bits per heavy atom. The van der Waals surface area contributed by atoms with Gasteiger partial charge in [0, 0.05) is 44.8 Å². The van der Waals surface area contributed by atoms with Crippen molar-refractivity contribution in [3.63, 3.8) is 0 Å². The molecule has 1 aliphatic heterocycles. The van der Waals surface area contributed by atoms with Gasteiger partial charge in [-0.3, -0.25) is 4.98 Å². The van der Waals surface area contributed by atoms with Crippen LogP contribution in [0.1, 0.15) is 0 Å². The molecule has 4 nitrogen and oxygen atoms in total. The lowest BCUT2D eigenvalue weighted by atomic mass is 9.91. The zero-order chi connectivity index (χ0) is 29.7. The third-order valence-corrected chi connectivity index (χ3v) is 8.52. The minimum atomic E-state index is 0.704. The van der Waals surface area contributed by atoms with Gasteiger partial charge in [-0.2, -0.15) is 0 Å². The van der Waals surface area contributed by atoms with Crippen LogP contribution >= 0.6 is 0 Å². The standard InChI is InChI=1S/C41H25N3O/c1-3-10-26(11-4-1)35-24-36(44-41(43-35)27-12-5-2-6-13-27)29-19-18-28-23-37(42-25-30(28)22-29)31-20-21-39-40-33(31)15-9-16-34(40)32-14-7-8-17-38(32)45-39/h1-25H. The van der Waals surface area contributed by atoms with E-state index in [1.165, 1.54) is 5.56 Å². The molecule has 0 atom stereocenters. The first-order valence-electron chi connectivity index (χ1n) is 15.0. The van der Waals surface area contributed by atoms with E-state index in [1.54, 1.807) is 0 Å². The van der Waals surface area contributed by atoms with Gasteiger partial charge in [0.2, 0.25) is 0 Å². The molecule has 1 aliphatic rings. The van der Waals surface area contributed by atoms with E-state index in [9.17, 15) is 0 Å². The number of pyridine rings is 1. The summed E-state index contributed by atoms with van der Waals surface area (Å²) in [5.74, 6) is 2.47. The first-order chi connectivity index (χ1) is 22.3. The van der Waals surface area contributed by atoms with Gasteiger partial charge in [0.05, 0.1) is 17.1 Å². The minimum Gasteiger partial charge on any atom is -0.456 e. The maximum Gasteiger partial charge on any atom is 0.160 e. The van der Waals surface area contributed by atoms with Gasteiger partial charge in [-0.1, -0.05) is 109 Å². The maximum absolute atomic E-state index is 6.31. The lowest BCUT2D eigenvalue weighted by Gasteiger charge is -2.22. The van der Waals surface area contributed by atoms with E-state index in [1.807, 2.05) is 66.9 Å². The molecule has 0 saturated carbocycles. The number of ether oxygens (including phenoxy) is 1. The van der Waals surface area contributed by atoms with Crippen LogP contribution in [0.15, 0.2) is 152 Å². The van der Waals surface area contributed by atoms with Crippen LogP contribution in [0.4, 0.5) is 0 Å². The summed E-state index contributed by atoms with van der Waals surface area (Å²) >= 11 is 0. The minimum absolute atomic E-state index is 0.704. The highest BCUT2D eigenvalue weighted by atomic mass is 16.5. The number of hydrogen-bond acceptors (Lipinski definition) is 4. The average Bonchev–Trinajstić information content (AvgIpc) is 3.12. The van der Waals surface area contributed by atoms with Gasteiger partial charge < -0.3 is 4.74 Å². The molecule has 45 heavy (non-hydrogen) atoms. The Morgan fingerprint density at radius 1 is 0.422 bits per heavy atom. The lowest BCUT2D eigenvalue weighted by Crippen LogP contribution is -1.98. The van der Waals surface area contributed by atoms with Gasteiger partial charge >= 0.3 is 0 Å². The fourth-order valence-corrected chi connectivity index (χ4v) is 6.32. The fourth-order valence-electron chi connectivity index (χ4n) is 6.32. The molecule has 9 rings (SSSR count). The second kappa shape index (κ2) is 10.2. The summed E-state index contributed by atoms with van der Waals surface area (Å²) in [6.45, 7) is 0. The van der Waals surface area contributed by atoms with Crippen molar-refractivity contribution in [2.24, 2.45) is 0 Å². The van der Waals surface area contributed by atoms with Crippen LogP contribution in [0.25, 0.3) is 77.8 Å². The van der Waals surface area contributed by atoms with Gasteiger partial charge in [0.1, 0.15) is 11.5 Å². The van der Waals surface area contributed by atoms with Crippen molar-refractivity contribution in [1.82, 2.24) is 15.0 Å². The SMILES string of the molecule is c1ccc(-c2cc(-c3ccc4cc(-c5ccc6c7c(cccc57)-c5ccccc5O6)ncc4c3)nc(-c3ccccc3)n2)cc1. The number of nitrogens with zero attached hydrogens (tertiary/aromatic N) is 3. The fraction of sp³-hybridized carbons (Fsp3) is 0. The van der Waals surface area contributed by atoms with Crippen LogP contribution in [0.3, 0.4) is 0 Å². The molecule has 8 aromatic rings. The Morgan fingerprint density at radius 3 is 2.00 bits per heavy atom. The number of aromatic nitrogens is 3. The molecule has 0 fully saturated rings. The number of rotatable bonds is 4. The summed E-state index contributed by atoms with van der Waals surface area (Å²) in [7, 11) is 0. The quantitative estimate of drug-likeness (QED) is 0.209. The van der Waals surface area contributed by atoms with E-state index < -0.39 is 0 Å². The Hall–Kier alpha value is -6.13. The largest absolute Gasteiger partial charge is 0.456 e. The Labute approximate surface area is 260 Å². The van der Waals surface area contributed by atoms with Crippen molar-refractivity contribution in [2.45, 2.75) is 0 Å². The second-order valence-corrected chi connectivity index (χ2v) is 11.3. The average molecular weight is 576 g/mol. The van der Waals surface area contributed by atoms with Crippen molar-refractivity contribution in [3.8, 4) is 67.8 Å². The Kier molecular flexibility index (Phi) is 5.78. The van der Waals surface area contributed by atoms with Crippen molar-refractivity contribution in [3.05, 3.63) is 152 Å². The van der Waals surface area contributed by atoms with Crippen LogP contribution in [-0.4, -0.2) is 15.0 Å². The highest BCUT2D eigenvalue weighted by molar-refractivity contribution is 6.10. The summed E-state index contributed by atoms with van der Waals surface area (Å²) < 4.78 is 6.31. The summed E-state index contributed by atoms with van der Waals surface area (Å²) in [5, 5.41) is 4.42. The van der Waals surface area contributed by atoms with Crippen molar-refractivity contribution < 1.29 is 4.74 Å². The summed E-state index contributed by atoms with van der Waals surface area (Å²) in [6, 6.07) is 50.0. The van der Waals surface area contributed by atoms with E-state index in [4.69, 9.17) is 19.7 Å². The van der Waals surface area contributed by atoms with Gasteiger partial charge in [-0.15, -0.1) is 0 Å². The normalized spacial score (nSPS) is 11.7. The first kappa shape index (κ1) is 25.4. The van der Waals surface area contributed by atoms with Gasteiger partial charge in [-0.05, 0) is 52.7 Å². The second-order valence-electron chi connectivity index (χ2n) is 11.3. The molecule has 0 amide bonds. The molecule has 4 heteroatoms. The molecule has 0 saturated heterocycles. The maximum atomic E-state index is 6.31. The topological polar surface area (TPSA) is 47.9 Å². The highest BCUT2D eigenvalue weighted by Crippen LogP contribution is 2.48. The van der Waals surface area contributed by atoms with E-state index in [0.717, 1.165) is 77.9 Å². The van der Waals surface area contributed by atoms with Crippen LogP contribution in [0.2, 0.25) is 0 Å². The molecule has 0 spiro atoms. The van der Waals surface area contributed by atoms with Gasteiger partial charge in [-0.25, -0.2) is 9.97 Å². The van der Waals surface area contributed by atoms with Crippen LogP contribution in [0, 0.1) is 0 Å². The lowest BCUT2D eigenvalue weighted by molar-refractivity contribution is 0.487. The summed E-state index contributed by atoms with van der Waals surface area (Å²) in [6.07, 6.45) is 1.97. The number of fused-ring (bicyclic) bond motifs is 3. The Bertz CT molecular complexity index is 2340. The Balaban J connectivity index is 1.14. The molecular formula is C41H25N3O. The smallest absolute Gasteiger partial charge is 0.160 e. The van der Waals surface area contributed by atoms with Crippen molar-refractivity contribution in [2.75, 3.05) is 0 Å². The molecule has 2 aromatic heterocycles. The molecule has 6 aromatic carbocycles. The summed E-state index contributed by atoms with van der Waals surface area (Å²) in [4.78, 5) is 14.9. The van der Waals surface area contributed by atoms with E-state index in [-0.39, 0.29) is 0 Å². The first-order valence-corrected chi connectivity index (χ1v) is 15.0. The third-order valence-electron chi connectivity index (χ3n) is 8.52. The molecule has 210 valence electrons.